The van der Waals surface area contributed by atoms with E-state index in [0.29, 0.717) is 34.3 Å². The molecule has 40 heavy (non-hydrogen) atoms. The molecule has 2 N–H and O–H groups in total. The zero-order valence-corrected chi connectivity index (χ0v) is 22.2. The molecule has 4 atom stereocenters. The van der Waals surface area contributed by atoms with Crippen LogP contribution >= 0.6 is 0 Å². The molecule has 0 bridgehead atoms. The maximum absolute atomic E-state index is 13.3. The number of methoxy groups -OCH3 is 1. The van der Waals surface area contributed by atoms with Crippen molar-refractivity contribution in [2.45, 2.75) is 69.6 Å². The number of rotatable bonds is 11. The molecule has 3 heterocycles. The molecule has 1 aliphatic carbocycles. The van der Waals surface area contributed by atoms with E-state index in [-0.39, 0.29) is 18.6 Å². The number of amides is 3. The fraction of sp³-hybridized carbons (Fsp3) is 0.538. The first-order valence-electron chi connectivity index (χ1n) is 13.0. The number of ether oxygens (including phenoxy) is 2. The molecular weight excluding hydrogens is 535 g/mol. The van der Waals surface area contributed by atoms with Crippen molar-refractivity contribution in [3.05, 3.63) is 47.2 Å². The molecule has 0 spiro atoms. The van der Waals surface area contributed by atoms with Crippen LogP contribution in [0.15, 0.2) is 33.4 Å². The van der Waals surface area contributed by atoms with E-state index in [0.717, 1.165) is 17.7 Å². The Morgan fingerprint density at radius 1 is 1.32 bits per heavy atom. The molecule has 1 aromatic carbocycles. The van der Waals surface area contributed by atoms with E-state index in [1.165, 1.54) is 13.4 Å². The Kier molecular flexibility index (Phi) is 7.73. The minimum atomic E-state index is -4.57. The van der Waals surface area contributed by atoms with Gasteiger partial charge in [-0.25, -0.2) is 9.78 Å². The summed E-state index contributed by atoms with van der Waals surface area (Å²) in [5.41, 5.74) is 2.13. The van der Waals surface area contributed by atoms with Gasteiger partial charge in [-0.3, -0.25) is 4.79 Å². The van der Waals surface area contributed by atoms with E-state index in [4.69, 9.17) is 18.4 Å². The number of oxazole rings is 1. The molecule has 0 unspecified atom stereocenters. The standard InChI is InChI=1S/C26H30F3N5O6/c1-4-17-16(11-38-33-17)23(35)32-22(13(2)39-15-6-7-15)24-30-18-9-14(5-8-20(18)40-24)19(12-37-3)34-10-21(26(27,28)29)31-25(34)36/h5,8-9,11,13,15,19,21-22H,4,6-7,10,12H2,1-3H3,(H,31,36)(H,32,35)/t13-,19-,21+,22+/m1/s1. The molecule has 1 saturated heterocycles. The molecule has 2 fully saturated rings. The van der Waals surface area contributed by atoms with Gasteiger partial charge in [-0.15, -0.1) is 0 Å². The van der Waals surface area contributed by atoms with Gasteiger partial charge in [0.05, 0.1) is 37.1 Å². The maximum atomic E-state index is 13.3. The number of aromatic nitrogens is 2. The van der Waals surface area contributed by atoms with Crippen molar-refractivity contribution in [3.8, 4) is 0 Å². The number of nitrogens with one attached hydrogen (secondary N) is 2. The van der Waals surface area contributed by atoms with Crippen molar-refractivity contribution in [1.82, 2.24) is 25.7 Å². The van der Waals surface area contributed by atoms with E-state index in [1.54, 1.807) is 18.2 Å². The van der Waals surface area contributed by atoms with Crippen LogP contribution in [0.1, 0.15) is 66.3 Å². The highest BCUT2D eigenvalue weighted by Gasteiger charge is 2.48. The molecule has 3 aromatic rings. The summed E-state index contributed by atoms with van der Waals surface area (Å²) in [5, 5.41) is 8.77. The Hall–Kier alpha value is -3.65. The van der Waals surface area contributed by atoms with Crippen LogP contribution in [-0.4, -0.2) is 71.7 Å². The fourth-order valence-corrected chi connectivity index (χ4v) is 4.72. The Morgan fingerprint density at radius 3 is 2.75 bits per heavy atom. The SMILES string of the molecule is CCc1nocc1C(=O)N[C@H](c1nc2cc([C@@H](COC)N3C[C@@H](C(F)(F)F)NC3=O)ccc2o1)[C@@H](C)OC1CC1. The summed E-state index contributed by atoms with van der Waals surface area (Å²) in [4.78, 5) is 31.3. The molecule has 0 radical (unpaired) electrons. The minimum absolute atomic E-state index is 0.0301. The lowest BCUT2D eigenvalue weighted by Gasteiger charge is -2.27. The predicted octanol–water partition coefficient (Wildman–Crippen LogP) is 4.06. The van der Waals surface area contributed by atoms with Crippen LogP contribution in [0.25, 0.3) is 11.1 Å². The summed E-state index contributed by atoms with van der Waals surface area (Å²) in [7, 11) is 1.41. The van der Waals surface area contributed by atoms with Gasteiger partial charge >= 0.3 is 12.2 Å². The first-order chi connectivity index (χ1) is 19.1. The van der Waals surface area contributed by atoms with E-state index < -0.39 is 48.9 Å². The van der Waals surface area contributed by atoms with Crippen LogP contribution in [0.4, 0.5) is 18.0 Å². The van der Waals surface area contributed by atoms with E-state index in [9.17, 15) is 22.8 Å². The zero-order chi connectivity index (χ0) is 28.6. The number of urea groups is 1. The Morgan fingerprint density at radius 2 is 2.10 bits per heavy atom. The summed E-state index contributed by atoms with van der Waals surface area (Å²) in [5.74, 6) is -0.223. The second-order valence-corrected chi connectivity index (χ2v) is 9.97. The molecule has 2 aliphatic rings. The predicted molar refractivity (Wildman–Crippen MR) is 133 cm³/mol. The second-order valence-electron chi connectivity index (χ2n) is 9.97. The molecule has 5 rings (SSSR count). The molecular formula is C26H30F3N5O6. The van der Waals surface area contributed by atoms with Gasteiger partial charge in [0, 0.05) is 7.11 Å². The van der Waals surface area contributed by atoms with Gasteiger partial charge in [-0.2, -0.15) is 13.2 Å². The van der Waals surface area contributed by atoms with Crippen molar-refractivity contribution in [3.63, 3.8) is 0 Å². The van der Waals surface area contributed by atoms with E-state index in [1.807, 2.05) is 19.2 Å². The molecule has 14 heteroatoms. The Balaban J connectivity index is 1.43. The van der Waals surface area contributed by atoms with Gasteiger partial charge in [-0.05, 0) is 43.9 Å². The van der Waals surface area contributed by atoms with Gasteiger partial charge in [0.1, 0.15) is 29.4 Å². The van der Waals surface area contributed by atoms with Crippen molar-refractivity contribution in [2.75, 3.05) is 20.3 Å². The smallest absolute Gasteiger partial charge is 0.410 e. The van der Waals surface area contributed by atoms with Gasteiger partial charge in [0.15, 0.2) is 5.58 Å². The molecule has 11 nitrogen and oxygen atoms in total. The Labute approximate surface area is 227 Å². The molecule has 3 amide bonds. The van der Waals surface area contributed by atoms with Crippen molar-refractivity contribution < 1.29 is 41.2 Å². The van der Waals surface area contributed by atoms with Crippen molar-refractivity contribution >= 4 is 23.0 Å². The normalized spacial score (nSPS) is 20.0. The average Bonchev–Trinajstić information content (AvgIpc) is 3.29. The van der Waals surface area contributed by atoms with Crippen LogP contribution in [0, 0.1) is 0 Å². The van der Waals surface area contributed by atoms with E-state index in [2.05, 4.69) is 15.5 Å². The monoisotopic (exact) mass is 565 g/mol. The topological polar surface area (TPSA) is 132 Å². The fourth-order valence-electron chi connectivity index (χ4n) is 4.72. The number of alkyl halides is 3. The number of hydrogen-bond donors (Lipinski definition) is 2. The second kappa shape index (κ2) is 11.1. The van der Waals surface area contributed by atoms with Crippen LogP contribution in [0.2, 0.25) is 0 Å². The number of nitrogens with zero attached hydrogens (tertiary/aromatic N) is 3. The van der Waals surface area contributed by atoms with Crippen LogP contribution in [0.3, 0.4) is 0 Å². The third kappa shape index (κ3) is 5.77. The number of aryl methyl sites for hydroxylation is 1. The molecule has 1 aliphatic heterocycles. The number of carbonyl (C=O) groups is 2. The minimum Gasteiger partial charge on any atom is -0.438 e. The van der Waals surface area contributed by atoms with Crippen molar-refractivity contribution in [2.24, 2.45) is 0 Å². The summed E-state index contributed by atoms with van der Waals surface area (Å²) in [6, 6.07) is 0.556. The summed E-state index contributed by atoms with van der Waals surface area (Å²) >= 11 is 0. The first-order valence-corrected chi connectivity index (χ1v) is 13.0. The lowest BCUT2D eigenvalue weighted by molar-refractivity contribution is -0.150. The number of halogens is 3. The third-order valence-electron chi connectivity index (χ3n) is 7.02. The summed E-state index contributed by atoms with van der Waals surface area (Å²) < 4.78 is 62.1. The average molecular weight is 566 g/mol. The maximum Gasteiger partial charge on any atom is 0.410 e. The highest BCUT2D eigenvalue weighted by atomic mass is 19.4. The zero-order valence-electron chi connectivity index (χ0n) is 22.2. The van der Waals surface area contributed by atoms with Gasteiger partial charge in [-0.1, -0.05) is 18.1 Å². The lowest BCUT2D eigenvalue weighted by atomic mass is 10.1. The third-order valence-corrected chi connectivity index (χ3v) is 7.02. The highest BCUT2D eigenvalue weighted by molar-refractivity contribution is 5.95. The summed E-state index contributed by atoms with van der Waals surface area (Å²) in [6.45, 7) is 3.09. The molecule has 216 valence electrons. The summed E-state index contributed by atoms with van der Waals surface area (Å²) in [6.07, 6.45) is -1.33. The van der Waals surface area contributed by atoms with Crippen LogP contribution < -0.4 is 10.6 Å². The number of hydrogen-bond acceptors (Lipinski definition) is 8. The number of benzene rings is 1. The molecule has 2 aromatic heterocycles. The number of fused-ring (bicyclic) bond motifs is 1. The van der Waals surface area contributed by atoms with Gasteiger partial charge in [0.25, 0.3) is 5.91 Å². The first kappa shape index (κ1) is 27.9. The Bertz CT molecular complexity index is 1370. The molecule has 1 saturated carbocycles. The van der Waals surface area contributed by atoms with E-state index >= 15 is 0 Å². The van der Waals surface area contributed by atoms with Gasteiger partial charge < -0.3 is 33.9 Å². The largest absolute Gasteiger partial charge is 0.438 e. The van der Waals surface area contributed by atoms with Crippen molar-refractivity contribution in [1.29, 1.82) is 0 Å². The lowest BCUT2D eigenvalue weighted by Crippen LogP contribution is -2.40. The quantitative estimate of drug-likeness (QED) is 0.356. The van der Waals surface area contributed by atoms with Crippen LogP contribution in [-0.2, 0) is 15.9 Å². The number of carbonyl (C=O) groups excluding carboxylic acids is 2. The van der Waals surface area contributed by atoms with Gasteiger partial charge in [0.2, 0.25) is 5.89 Å². The van der Waals surface area contributed by atoms with Crippen LogP contribution in [0.5, 0.6) is 0 Å². The highest BCUT2D eigenvalue weighted by Crippen LogP contribution is 2.34.